The maximum absolute atomic E-state index is 13.5. The quantitative estimate of drug-likeness (QED) is 0.495. The molecule has 0 aliphatic heterocycles. The monoisotopic (exact) mass is 379 g/mol. The molecule has 1 amide bonds. The molecule has 0 aliphatic carbocycles. The van der Waals surface area contributed by atoms with Crippen LogP contribution in [0.1, 0.15) is 10.4 Å². The number of nitrogens with zero attached hydrogens (tertiary/aromatic N) is 1. The Hall–Kier alpha value is -1.45. The Morgan fingerprint density at radius 2 is 1.81 bits per heavy atom. The molecule has 1 aromatic rings. The third-order valence-electron chi connectivity index (χ3n) is 2.38. The first-order valence-electron chi connectivity index (χ1n) is 5.37. The Morgan fingerprint density at radius 3 is 2.29 bits per heavy atom. The number of alkyl halides is 4. The van der Waals surface area contributed by atoms with Gasteiger partial charge in [-0.15, -0.1) is 0 Å². The van der Waals surface area contributed by atoms with Gasteiger partial charge in [0.05, 0.1) is 5.56 Å². The van der Waals surface area contributed by atoms with E-state index in [1.807, 2.05) is 0 Å². The highest BCUT2D eigenvalue weighted by atomic mass is 79.9. The smallest absolute Gasteiger partial charge is 0.406 e. The average Bonchev–Trinajstić information content (AvgIpc) is 2.38. The molecule has 21 heavy (non-hydrogen) atoms. The van der Waals surface area contributed by atoms with E-state index in [1.165, 1.54) is 0 Å². The number of aromatic hydroxyl groups is 1. The molecule has 0 aliphatic rings. The minimum absolute atomic E-state index is 0.0495. The summed E-state index contributed by atoms with van der Waals surface area (Å²) < 4.78 is 76.5. The second-order valence-corrected chi connectivity index (χ2v) is 4.71. The standard InChI is InChI=1S/C11H8BrF6NO2/c12-1-2-19(4-11(16,17)18)10(21)5-3-6(13)8(15)9(20)7(5)14/h3,20H,1-2,4H2. The Labute approximate surface area is 123 Å². The van der Waals surface area contributed by atoms with E-state index < -0.39 is 53.9 Å². The number of hydrogen-bond donors (Lipinski definition) is 1. The summed E-state index contributed by atoms with van der Waals surface area (Å²) in [6.07, 6.45) is -4.76. The summed E-state index contributed by atoms with van der Waals surface area (Å²) in [5.41, 5.74) is -1.18. The van der Waals surface area contributed by atoms with Crippen molar-refractivity contribution in [1.82, 2.24) is 4.90 Å². The minimum Gasteiger partial charge on any atom is -0.503 e. The molecule has 0 heterocycles. The molecule has 3 nitrogen and oxygen atoms in total. The Bertz CT molecular complexity index is 548. The summed E-state index contributed by atoms with van der Waals surface area (Å²) in [6, 6.07) is 0.102. The summed E-state index contributed by atoms with van der Waals surface area (Å²) in [7, 11) is 0. The topological polar surface area (TPSA) is 40.5 Å². The van der Waals surface area contributed by atoms with Crippen molar-refractivity contribution in [3.05, 3.63) is 29.1 Å². The van der Waals surface area contributed by atoms with E-state index in [0.717, 1.165) is 0 Å². The first-order chi connectivity index (χ1) is 9.58. The second kappa shape index (κ2) is 6.54. The fraction of sp³-hybridized carbons (Fsp3) is 0.364. The number of carbonyl (C=O) groups is 1. The van der Waals surface area contributed by atoms with Gasteiger partial charge in [-0.3, -0.25) is 4.79 Å². The lowest BCUT2D eigenvalue weighted by molar-refractivity contribution is -0.140. The Morgan fingerprint density at radius 1 is 1.24 bits per heavy atom. The minimum atomic E-state index is -4.76. The largest absolute Gasteiger partial charge is 0.503 e. The predicted octanol–water partition coefficient (Wildman–Crippen LogP) is 3.21. The molecule has 1 N–H and O–H groups in total. The Kier molecular flexibility index (Phi) is 5.48. The molecule has 10 heteroatoms. The lowest BCUT2D eigenvalue weighted by Crippen LogP contribution is -2.40. The van der Waals surface area contributed by atoms with E-state index in [0.29, 0.717) is 0 Å². The summed E-state index contributed by atoms with van der Waals surface area (Å²) in [5, 5.41) is 8.92. The number of hydrogen-bond acceptors (Lipinski definition) is 2. The highest BCUT2D eigenvalue weighted by molar-refractivity contribution is 9.09. The molecule has 0 saturated heterocycles. The highest BCUT2D eigenvalue weighted by Gasteiger charge is 2.34. The van der Waals surface area contributed by atoms with Gasteiger partial charge in [0, 0.05) is 11.9 Å². The first kappa shape index (κ1) is 17.6. The van der Waals surface area contributed by atoms with E-state index in [2.05, 4.69) is 15.9 Å². The van der Waals surface area contributed by atoms with Crippen molar-refractivity contribution in [2.45, 2.75) is 6.18 Å². The normalized spacial score (nSPS) is 11.6. The van der Waals surface area contributed by atoms with Gasteiger partial charge in [0.25, 0.3) is 5.91 Å². The van der Waals surface area contributed by atoms with Gasteiger partial charge in [0.15, 0.2) is 17.4 Å². The van der Waals surface area contributed by atoms with Crippen LogP contribution in [0.5, 0.6) is 5.75 Å². The van der Waals surface area contributed by atoms with Gasteiger partial charge >= 0.3 is 6.18 Å². The van der Waals surface area contributed by atoms with Crippen LogP contribution in [-0.4, -0.2) is 40.5 Å². The molecule has 0 spiro atoms. The molecule has 0 fully saturated rings. The van der Waals surface area contributed by atoms with Crippen molar-refractivity contribution < 1.29 is 36.2 Å². The lowest BCUT2D eigenvalue weighted by Gasteiger charge is -2.23. The molecule has 118 valence electrons. The summed E-state index contributed by atoms with van der Waals surface area (Å²) in [6.45, 7) is -2.14. The van der Waals surface area contributed by atoms with Gasteiger partial charge in [-0.2, -0.15) is 17.6 Å². The zero-order chi connectivity index (χ0) is 16.4. The number of phenols is 1. The van der Waals surface area contributed by atoms with E-state index in [-0.39, 0.29) is 16.3 Å². The molecule has 0 aromatic heterocycles. The van der Waals surface area contributed by atoms with Crippen molar-refractivity contribution >= 4 is 21.8 Å². The van der Waals surface area contributed by atoms with Gasteiger partial charge in [-0.05, 0) is 6.07 Å². The highest BCUT2D eigenvalue weighted by Crippen LogP contribution is 2.27. The summed E-state index contributed by atoms with van der Waals surface area (Å²) in [4.78, 5) is 12.0. The number of rotatable bonds is 4. The van der Waals surface area contributed by atoms with Gasteiger partial charge in [-0.1, -0.05) is 15.9 Å². The number of amides is 1. The van der Waals surface area contributed by atoms with Crippen LogP contribution in [-0.2, 0) is 0 Å². The Balaban J connectivity index is 3.21. The second-order valence-electron chi connectivity index (χ2n) is 3.91. The fourth-order valence-corrected chi connectivity index (χ4v) is 1.92. The van der Waals surface area contributed by atoms with Crippen LogP contribution in [0.25, 0.3) is 0 Å². The number of halogens is 7. The summed E-state index contributed by atoms with van der Waals surface area (Å²) >= 11 is 2.82. The zero-order valence-electron chi connectivity index (χ0n) is 10.1. The van der Waals surface area contributed by atoms with Crippen molar-refractivity contribution in [2.24, 2.45) is 0 Å². The lowest BCUT2D eigenvalue weighted by atomic mass is 10.1. The average molecular weight is 380 g/mol. The van der Waals surface area contributed by atoms with Crippen LogP contribution in [0.15, 0.2) is 6.07 Å². The van der Waals surface area contributed by atoms with Crippen molar-refractivity contribution in [3.8, 4) is 5.75 Å². The van der Waals surface area contributed by atoms with E-state index in [9.17, 15) is 31.1 Å². The van der Waals surface area contributed by atoms with Crippen molar-refractivity contribution in [1.29, 1.82) is 0 Å². The van der Waals surface area contributed by atoms with Crippen LogP contribution in [0.4, 0.5) is 26.3 Å². The molecule has 1 aromatic carbocycles. The first-order valence-corrected chi connectivity index (χ1v) is 6.49. The number of phenolic OH excluding ortho intramolecular Hbond substituents is 1. The fourth-order valence-electron chi connectivity index (χ4n) is 1.49. The van der Waals surface area contributed by atoms with Gasteiger partial charge in [0.2, 0.25) is 5.82 Å². The summed E-state index contributed by atoms with van der Waals surface area (Å²) in [5.74, 6) is -8.77. The molecular formula is C11H8BrF6NO2. The molecular weight excluding hydrogens is 372 g/mol. The van der Waals surface area contributed by atoms with E-state index >= 15 is 0 Å². The molecule has 0 bridgehead atoms. The number of benzene rings is 1. The van der Waals surface area contributed by atoms with Crippen LogP contribution in [0.2, 0.25) is 0 Å². The molecule has 0 unspecified atom stereocenters. The number of carbonyl (C=O) groups excluding carboxylic acids is 1. The van der Waals surface area contributed by atoms with Crippen molar-refractivity contribution in [2.75, 3.05) is 18.4 Å². The third-order valence-corrected chi connectivity index (χ3v) is 2.73. The van der Waals surface area contributed by atoms with Crippen molar-refractivity contribution in [3.63, 3.8) is 0 Å². The maximum Gasteiger partial charge on any atom is 0.406 e. The van der Waals surface area contributed by atoms with Gasteiger partial charge in [0.1, 0.15) is 6.54 Å². The predicted molar refractivity (Wildman–Crippen MR) is 63.7 cm³/mol. The van der Waals surface area contributed by atoms with E-state index in [4.69, 9.17) is 5.11 Å². The molecule has 0 atom stereocenters. The maximum atomic E-state index is 13.5. The third kappa shape index (κ3) is 4.26. The molecule has 0 saturated carbocycles. The van der Waals surface area contributed by atoms with Crippen LogP contribution < -0.4 is 0 Å². The zero-order valence-corrected chi connectivity index (χ0v) is 11.7. The van der Waals surface area contributed by atoms with Crippen LogP contribution >= 0.6 is 15.9 Å². The van der Waals surface area contributed by atoms with E-state index in [1.54, 1.807) is 0 Å². The van der Waals surface area contributed by atoms with Gasteiger partial charge < -0.3 is 10.0 Å². The van der Waals surface area contributed by atoms with Crippen LogP contribution in [0, 0.1) is 17.5 Å². The van der Waals surface area contributed by atoms with Gasteiger partial charge in [-0.25, -0.2) is 8.78 Å². The molecule has 0 radical (unpaired) electrons. The molecule has 1 rings (SSSR count). The SMILES string of the molecule is O=C(c1cc(F)c(F)c(O)c1F)N(CCBr)CC(F)(F)F. The van der Waals surface area contributed by atoms with Crippen LogP contribution in [0.3, 0.4) is 0 Å².